The molecule has 0 fully saturated rings. The molecular weight excluding hydrogens is 402 g/mol. The van der Waals surface area contributed by atoms with Crippen LogP contribution in [0.3, 0.4) is 0 Å². The van der Waals surface area contributed by atoms with E-state index in [1.165, 1.54) is 17.6 Å². The van der Waals surface area contributed by atoms with Crippen LogP contribution in [0.5, 0.6) is 0 Å². The van der Waals surface area contributed by atoms with Crippen LogP contribution in [0.15, 0.2) is 105 Å². The summed E-state index contributed by atoms with van der Waals surface area (Å²) in [5, 5.41) is 6.77. The monoisotopic (exact) mass is 419 g/mol. The van der Waals surface area contributed by atoms with E-state index in [1.54, 1.807) is 54.6 Å². The van der Waals surface area contributed by atoms with Gasteiger partial charge >= 0.3 is 0 Å². The zero-order valence-electron chi connectivity index (χ0n) is 15.3. The van der Waals surface area contributed by atoms with E-state index in [0.29, 0.717) is 10.7 Å². The van der Waals surface area contributed by atoms with E-state index in [2.05, 4.69) is 15.5 Å². The average Bonchev–Trinajstić information content (AvgIpc) is 3.24. The minimum Gasteiger partial charge on any atom is -0.253 e. The molecule has 0 radical (unpaired) electrons. The van der Waals surface area contributed by atoms with Crippen LogP contribution >= 0.6 is 11.3 Å². The molecule has 1 aromatic heterocycles. The fourth-order valence-corrected chi connectivity index (χ4v) is 4.91. The molecular formula is C22H17N3O2S2. The van der Waals surface area contributed by atoms with E-state index in [4.69, 9.17) is 0 Å². The Morgan fingerprint density at radius 1 is 0.862 bits per heavy atom. The van der Waals surface area contributed by atoms with E-state index in [0.717, 1.165) is 11.3 Å². The van der Waals surface area contributed by atoms with Gasteiger partial charge in [0.25, 0.3) is 0 Å². The lowest BCUT2D eigenvalue weighted by atomic mass is 10.2. The van der Waals surface area contributed by atoms with Gasteiger partial charge in [0, 0.05) is 16.5 Å². The predicted octanol–water partition coefficient (Wildman–Crippen LogP) is 5.09. The smallest absolute Gasteiger partial charge is 0.207 e. The molecule has 0 aliphatic heterocycles. The van der Waals surface area contributed by atoms with Gasteiger partial charge in [-0.15, -0.1) is 11.3 Å². The molecule has 0 aliphatic rings. The van der Waals surface area contributed by atoms with E-state index in [1.807, 2.05) is 35.7 Å². The topological polar surface area (TPSA) is 71.4 Å². The number of rotatable bonds is 6. The van der Waals surface area contributed by atoms with Gasteiger partial charge in [-0.3, -0.25) is 5.43 Å². The van der Waals surface area contributed by atoms with Crippen molar-refractivity contribution in [1.82, 2.24) is 4.98 Å². The number of hydrogen-bond acceptors (Lipinski definition) is 6. The molecule has 0 spiro atoms. The quantitative estimate of drug-likeness (QED) is 0.349. The number of anilines is 1. The van der Waals surface area contributed by atoms with E-state index in [9.17, 15) is 8.42 Å². The third-order valence-electron chi connectivity index (χ3n) is 4.20. The van der Waals surface area contributed by atoms with Crippen molar-refractivity contribution < 1.29 is 8.42 Å². The maximum atomic E-state index is 13.0. The Labute approximate surface area is 173 Å². The van der Waals surface area contributed by atoms with Crippen LogP contribution in [0, 0.1) is 0 Å². The van der Waals surface area contributed by atoms with Crippen LogP contribution < -0.4 is 5.43 Å². The van der Waals surface area contributed by atoms with Crippen LogP contribution in [0.1, 0.15) is 5.56 Å². The molecule has 1 N–H and O–H groups in total. The Balaban J connectivity index is 1.55. The van der Waals surface area contributed by atoms with Crippen LogP contribution in [-0.2, 0) is 9.84 Å². The highest BCUT2D eigenvalue weighted by Crippen LogP contribution is 2.25. The first-order valence-corrected chi connectivity index (χ1v) is 11.2. The van der Waals surface area contributed by atoms with Crippen molar-refractivity contribution in [2.45, 2.75) is 9.79 Å². The van der Waals surface area contributed by atoms with Crippen molar-refractivity contribution in [3.05, 3.63) is 95.9 Å². The fraction of sp³-hybridized carbons (Fsp3) is 0. The number of benzene rings is 3. The summed E-state index contributed by atoms with van der Waals surface area (Å²) < 4.78 is 25.9. The number of hydrazone groups is 1. The number of aromatic nitrogens is 1. The molecule has 4 rings (SSSR count). The number of thiazole rings is 1. The molecule has 0 saturated carbocycles. The van der Waals surface area contributed by atoms with Crippen LogP contribution in [0.4, 0.5) is 5.13 Å². The molecule has 0 amide bonds. The molecule has 5 nitrogen and oxygen atoms in total. The van der Waals surface area contributed by atoms with E-state index in [-0.39, 0.29) is 9.79 Å². The second kappa shape index (κ2) is 8.38. The van der Waals surface area contributed by atoms with Gasteiger partial charge in [-0.05, 0) is 18.2 Å². The number of nitrogens with zero attached hydrogens (tertiary/aromatic N) is 2. The number of sulfone groups is 1. The van der Waals surface area contributed by atoms with Gasteiger partial charge in [0.2, 0.25) is 15.0 Å². The summed E-state index contributed by atoms with van der Waals surface area (Å²) in [5.74, 6) is 0. The molecule has 0 atom stereocenters. The molecule has 3 aromatic carbocycles. The van der Waals surface area contributed by atoms with Gasteiger partial charge in [-0.25, -0.2) is 13.4 Å². The van der Waals surface area contributed by atoms with E-state index >= 15 is 0 Å². The van der Waals surface area contributed by atoms with Crippen molar-refractivity contribution in [2.24, 2.45) is 5.10 Å². The highest BCUT2D eigenvalue weighted by molar-refractivity contribution is 7.91. The molecule has 0 saturated heterocycles. The first-order chi connectivity index (χ1) is 14.1. The maximum Gasteiger partial charge on any atom is 0.207 e. The first kappa shape index (κ1) is 19.0. The number of nitrogens with one attached hydrogen (secondary N) is 1. The Bertz CT molecular complexity index is 1240. The van der Waals surface area contributed by atoms with Gasteiger partial charge in [0.05, 0.1) is 21.7 Å². The second-order valence-electron chi connectivity index (χ2n) is 6.13. The van der Waals surface area contributed by atoms with Gasteiger partial charge in [0.15, 0.2) is 0 Å². The fourth-order valence-electron chi connectivity index (χ4n) is 2.78. The second-order valence-corrected chi connectivity index (χ2v) is 8.90. The third-order valence-corrected chi connectivity index (χ3v) is 6.79. The first-order valence-electron chi connectivity index (χ1n) is 8.84. The van der Waals surface area contributed by atoms with Gasteiger partial charge in [-0.2, -0.15) is 5.10 Å². The van der Waals surface area contributed by atoms with Gasteiger partial charge in [0.1, 0.15) is 0 Å². The minimum atomic E-state index is -3.63. The number of hydrogen-bond donors (Lipinski definition) is 1. The maximum absolute atomic E-state index is 13.0. The molecule has 7 heteroatoms. The predicted molar refractivity (Wildman–Crippen MR) is 117 cm³/mol. The molecule has 0 aliphatic carbocycles. The van der Waals surface area contributed by atoms with Crippen molar-refractivity contribution >= 4 is 32.5 Å². The summed E-state index contributed by atoms with van der Waals surface area (Å²) in [6.07, 6.45) is 1.50. The Hall–Kier alpha value is -3.29. The van der Waals surface area contributed by atoms with Crippen molar-refractivity contribution in [3.8, 4) is 11.3 Å². The standard InChI is InChI=1S/C22H17N3O2S2/c26-29(27,19-12-5-2-6-13-19)21-14-8-7-11-18(21)15-23-25-22-24-20(16-28-22)17-9-3-1-4-10-17/h1-16H,(H,24,25). The van der Waals surface area contributed by atoms with Crippen molar-refractivity contribution in [3.63, 3.8) is 0 Å². The summed E-state index contributed by atoms with van der Waals surface area (Å²) in [5.41, 5.74) is 5.28. The van der Waals surface area contributed by atoms with Crippen LogP contribution in [0.2, 0.25) is 0 Å². The highest BCUT2D eigenvalue weighted by Gasteiger charge is 2.19. The molecule has 144 valence electrons. The largest absolute Gasteiger partial charge is 0.253 e. The zero-order chi connectivity index (χ0) is 20.1. The van der Waals surface area contributed by atoms with Gasteiger partial charge in [-0.1, -0.05) is 66.7 Å². The minimum absolute atomic E-state index is 0.209. The highest BCUT2D eigenvalue weighted by atomic mass is 32.2. The normalized spacial score (nSPS) is 11.6. The third kappa shape index (κ3) is 4.26. The lowest BCUT2D eigenvalue weighted by molar-refractivity contribution is 0.596. The van der Waals surface area contributed by atoms with Crippen molar-refractivity contribution in [2.75, 3.05) is 5.43 Å². The Kier molecular flexibility index (Phi) is 5.50. The summed E-state index contributed by atoms with van der Waals surface area (Å²) in [6.45, 7) is 0. The summed E-state index contributed by atoms with van der Waals surface area (Å²) >= 11 is 1.43. The molecule has 29 heavy (non-hydrogen) atoms. The van der Waals surface area contributed by atoms with Gasteiger partial charge < -0.3 is 0 Å². The van der Waals surface area contributed by atoms with Crippen molar-refractivity contribution in [1.29, 1.82) is 0 Å². The van der Waals surface area contributed by atoms with E-state index < -0.39 is 9.84 Å². The Morgan fingerprint density at radius 2 is 1.52 bits per heavy atom. The lowest BCUT2D eigenvalue weighted by Crippen LogP contribution is -2.05. The zero-order valence-corrected chi connectivity index (χ0v) is 16.9. The molecule has 1 heterocycles. The summed E-state index contributed by atoms with van der Waals surface area (Å²) in [4.78, 5) is 4.97. The van der Waals surface area contributed by atoms with Crippen LogP contribution in [0.25, 0.3) is 11.3 Å². The Morgan fingerprint density at radius 3 is 2.28 bits per heavy atom. The average molecular weight is 420 g/mol. The summed E-state index contributed by atoms with van der Waals surface area (Å²) in [6, 6.07) is 25.0. The molecule has 4 aromatic rings. The van der Waals surface area contributed by atoms with Crippen LogP contribution in [-0.4, -0.2) is 19.6 Å². The molecule has 0 bridgehead atoms. The lowest BCUT2D eigenvalue weighted by Gasteiger charge is -2.07. The summed E-state index contributed by atoms with van der Waals surface area (Å²) in [7, 11) is -3.63. The SMILES string of the molecule is O=S(=O)(c1ccccc1)c1ccccc1C=NNc1nc(-c2ccccc2)cs1. The molecule has 0 unspecified atom stereocenters.